The monoisotopic (exact) mass is 282 g/mol. The second-order valence-electron chi connectivity index (χ2n) is 4.30. The van der Waals surface area contributed by atoms with Gasteiger partial charge in [-0.1, -0.05) is 30.2 Å². The second kappa shape index (κ2) is 6.12. The molecular formula is C13H16ClFN4. The first-order valence-electron chi connectivity index (χ1n) is 6.26. The van der Waals surface area contributed by atoms with Crippen LogP contribution in [0.2, 0.25) is 5.02 Å². The lowest BCUT2D eigenvalue weighted by Crippen LogP contribution is -2.06. The Morgan fingerprint density at radius 3 is 2.84 bits per heavy atom. The third kappa shape index (κ3) is 2.93. The Labute approximate surface area is 116 Å². The van der Waals surface area contributed by atoms with E-state index in [0.717, 1.165) is 30.7 Å². The molecule has 0 bridgehead atoms. The number of unbranched alkanes of at least 4 members (excludes halogenated alkanes) is 1. The van der Waals surface area contributed by atoms with Crippen molar-refractivity contribution in [2.75, 3.05) is 0 Å². The molecule has 0 saturated carbocycles. The van der Waals surface area contributed by atoms with E-state index in [1.54, 1.807) is 16.8 Å². The van der Waals surface area contributed by atoms with Crippen LogP contribution in [0, 0.1) is 5.82 Å². The first kappa shape index (κ1) is 14.0. The van der Waals surface area contributed by atoms with Gasteiger partial charge in [0, 0.05) is 6.54 Å². The molecule has 0 fully saturated rings. The molecule has 0 amide bonds. The predicted molar refractivity (Wildman–Crippen MR) is 72.8 cm³/mol. The number of hydrogen-bond donors (Lipinski definition) is 1. The van der Waals surface area contributed by atoms with Crippen molar-refractivity contribution in [1.82, 2.24) is 15.0 Å². The standard InChI is InChI=1S/C13H16ClFN4/c1-2-3-4-13-12(8-16)17-18-19(13)9-5-6-11(15)10(14)7-9/h5-7H,2-4,8,16H2,1H3. The summed E-state index contributed by atoms with van der Waals surface area (Å²) in [5.41, 5.74) is 8.10. The molecule has 1 heterocycles. The molecule has 0 radical (unpaired) electrons. The van der Waals surface area contributed by atoms with Gasteiger partial charge in [0.15, 0.2) is 0 Å². The molecule has 0 spiro atoms. The molecule has 0 unspecified atom stereocenters. The highest BCUT2D eigenvalue weighted by atomic mass is 35.5. The van der Waals surface area contributed by atoms with Gasteiger partial charge >= 0.3 is 0 Å². The van der Waals surface area contributed by atoms with E-state index in [2.05, 4.69) is 17.2 Å². The van der Waals surface area contributed by atoms with Gasteiger partial charge in [0.2, 0.25) is 0 Å². The molecule has 2 aromatic rings. The highest BCUT2D eigenvalue weighted by Gasteiger charge is 2.13. The minimum atomic E-state index is -0.445. The first-order valence-corrected chi connectivity index (χ1v) is 6.64. The molecule has 102 valence electrons. The molecule has 19 heavy (non-hydrogen) atoms. The van der Waals surface area contributed by atoms with Crippen molar-refractivity contribution >= 4 is 11.6 Å². The zero-order valence-electron chi connectivity index (χ0n) is 10.7. The Morgan fingerprint density at radius 1 is 1.42 bits per heavy atom. The van der Waals surface area contributed by atoms with Crippen molar-refractivity contribution in [2.24, 2.45) is 5.73 Å². The molecule has 0 atom stereocenters. The highest BCUT2D eigenvalue weighted by Crippen LogP contribution is 2.21. The number of aromatic nitrogens is 3. The third-order valence-corrected chi connectivity index (χ3v) is 3.24. The normalized spacial score (nSPS) is 10.9. The van der Waals surface area contributed by atoms with E-state index in [1.807, 2.05) is 0 Å². The van der Waals surface area contributed by atoms with E-state index < -0.39 is 5.82 Å². The molecule has 4 nitrogen and oxygen atoms in total. The van der Waals surface area contributed by atoms with Gasteiger partial charge in [-0.2, -0.15) is 0 Å². The van der Waals surface area contributed by atoms with Crippen LogP contribution in [0.3, 0.4) is 0 Å². The predicted octanol–water partition coefficient (Wildman–Crippen LogP) is 2.86. The molecule has 6 heteroatoms. The molecule has 0 aliphatic rings. The fraction of sp³-hybridized carbons (Fsp3) is 0.385. The van der Waals surface area contributed by atoms with Crippen LogP contribution in [0.4, 0.5) is 4.39 Å². The summed E-state index contributed by atoms with van der Waals surface area (Å²) in [6, 6.07) is 4.50. The Morgan fingerprint density at radius 2 is 2.21 bits per heavy atom. The van der Waals surface area contributed by atoms with Crippen molar-refractivity contribution in [3.8, 4) is 5.69 Å². The molecule has 0 saturated heterocycles. The van der Waals surface area contributed by atoms with Crippen molar-refractivity contribution in [1.29, 1.82) is 0 Å². The van der Waals surface area contributed by atoms with Crippen LogP contribution < -0.4 is 5.73 Å². The van der Waals surface area contributed by atoms with Crippen molar-refractivity contribution in [3.63, 3.8) is 0 Å². The second-order valence-corrected chi connectivity index (χ2v) is 4.71. The summed E-state index contributed by atoms with van der Waals surface area (Å²) in [7, 11) is 0. The van der Waals surface area contributed by atoms with Gasteiger partial charge in [-0.05, 0) is 31.0 Å². The maximum atomic E-state index is 13.2. The van der Waals surface area contributed by atoms with E-state index in [4.69, 9.17) is 17.3 Å². The number of hydrogen-bond acceptors (Lipinski definition) is 3. The van der Waals surface area contributed by atoms with Crippen LogP contribution >= 0.6 is 11.6 Å². The van der Waals surface area contributed by atoms with Gasteiger partial charge in [-0.3, -0.25) is 0 Å². The summed E-state index contributed by atoms with van der Waals surface area (Å²) in [4.78, 5) is 0. The Hall–Kier alpha value is -1.46. The zero-order chi connectivity index (χ0) is 13.8. The molecule has 1 aromatic carbocycles. The zero-order valence-corrected chi connectivity index (χ0v) is 11.5. The van der Waals surface area contributed by atoms with E-state index in [1.165, 1.54) is 6.07 Å². The van der Waals surface area contributed by atoms with E-state index >= 15 is 0 Å². The van der Waals surface area contributed by atoms with E-state index in [0.29, 0.717) is 12.2 Å². The van der Waals surface area contributed by atoms with Crippen LogP contribution in [-0.2, 0) is 13.0 Å². The molecule has 2 N–H and O–H groups in total. The van der Waals surface area contributed by atoms with Crippen LogP contribution in [0.25, 0.3) is 5.69 Å². The quantitative estimate of drug-likeness (QED) is 0.917. The fourth-order valence-electron chi connectivity index (χ4n) is 1.91. The average Bonchev–Trinajstić information content (AvgIpc) is 2.82. The smallest absolute Gasteiger partial charge is 0.141 e. The maximum Gasteiger partial charge on any atom is 0.141 e. The summed E-state index contributed by atoms with van der Waals surface area (Å²) in [5.74, 6) is -0.445. The number of nitrogens with two attached hydrogens (primary N) is 1. The van der Waals surface area contributed by atoms with Crippen LogP contribution in [0.5, 0.6) is 0 Å². The first-order chi connectivity index (χ1) is 9.17. The van der Waals surface area contributed by atoms with Gasteiger partial charge in [0.25, 0.3) is 0 Å². The van der Waals surface area contributed by atoms with Gasteiger partial charge in [0.1, 0.15) is 5.82 Å². The summed E-state index contributed by atoms with van der Waals surface area (Å²) in [6.45, 7) is 2.46. The SMILES string of the molecule is CCCCc1c(CN)nnn1-c1ccc(F)c(Cl)c1. The Bertz CT molecular complexity index is 568. The minimum absolute atomic E-state index is 0.0729. The fourth-order valence-corrected chi connectivity index (χ4v) is 2.08. The average molecular weight is 283 g/mol. The number of rotatable bonds is 5. The van der Waals surface area contributed by atoms with Crippen molar-refractivity contribution in [3.05, 3.63) is 40.4 Å². The van der Waals surface area contributed by atoms with Gasteiger partial charge < -0.3 is 5.73 Å². The summed E-state index contributed by atoms with van der Waals surface area (Å²) in [5, 5.41) is 8.23. The highest BCUT2D eigenvalue weighted by molar-refractivity contribution is 6.30. The summed E-state index contributed by atoms with van der Waals surface area (Å²) in [6.07, 6.45) is 2.93. The molecule has 2 rings (SSSR count). The largest absolute Gasteiger partial charge is 0.325 e. The molecule has 1 aromatic heterocycles. The lowest BCUT2D eigenvalue weighted by Gasteiger charge is -2.08. The minimum Gasteiger partial charge on any atom is -0.325 e. The van der Waals surface area contributed by atoms with Gasteiger partial charge in [-0.15, -0.1) is 5.10 Å². The number of benzene rings is 1. The van der Waals surface area contributed by atoms with Crippen LogP contribution in [-0.4, -0.2) is 15.0 Å². The lowest BCUT2D eigenvalue weighted by molar-refractivity contribution is 0.626. The van der Waals surface area contributed by atoms with Crippen LogP contribution in [0.1, 0.15) is 31.2 Å². The van der Waals surface area contributed by atoms with E-state index in [9.17, 15) is 4.39 Å². The number of halogens is 2. The van der Waals surface area contributed by atoms with Gasteiger partial charge in [0.05, 0.1) is 22.1 Å². The molecule has 0 aliphatic heterocycles. The lowest BCUT2D eigenvalue weighted by atomic mass is 10.1. The van der Waals surface area contributed by atoms with Crippen molar-refractivity contribution < 1.29 is 4.39 Å². The molecular weight excluding hydrogens is 267 g/mol. The van der Waals surface area contributed by atoms with Gasteiger partial charge in [-0.25, -0.2) is 9.07 Å². The summed E-state index contributed by atoms with van der Waals surface area (Å²) < 4.78 is 14.9. The van der Waals surface area contributed by atoms with E-state index in [-0.39, 0.29) is 5.02 Å². The topological polar surface area (TPSA) is 56.7 Å². The Balaban J connectivity index is 2.42. The maximum absolute atomic E-state index is 13.2. The Kier molecular flexibility index (Phi) is 4.50. The summed E-state index contributed by atoms with van der Waals surface area (Å²) >= 11 is 5.80. The van der Waals surface area contributed by atoms with Crippen molar-refractivity contribution in [2.45, 2.75) is 32.7 Å². The van der Waals surface area contributed by atoms with Crippen LogP contribution in [0.15, 0.2) is 18.2 Å². The third-order valence-electron chi connectivity index (χ3n) is 2.95. The number of nitrogens with zero attached hydrogens (tertiary/aromatic N) is 3. The molecule has 0 aliphatic carbocycles.